The summed E-state index contributed by atoms with van der Waals surface area (Å²) in [5.74, 6) is -0.929. The van der Waals surface area contributed by atoms with E-state index >= 15 is 0 Å². The second-order valence-electron chi connectivity index (χ2n) is 2.58. The molecule has 0 saturated carbocycles. The van der Waals surface area contributed by atoms with Crippen LogP contribution in [0.3, 0.4) is 0 Å². The van der Waals surface area contributed by atoms with Crippen LogP contribution in [-0.4, -0.2) is 22.4 Å². The van der Waals surface area contributed by atoms with E-state index in [4.69, 9.17) is 10.8 Å². The molecule has 3 nitrogen and oxygen atoms in total. The van der Waals surface area contributed by atoms with Crippen LogP contribution < -0.4 is 5.73 Å². The van der Waals surface area contributed by atoms with Crippen molar-refractivity contribution in [1.29, 1.82) is 0 Å². The van der Waals surface area contributed by atoms with Gasteiger partial charge >= 0.3 is 5.97 Å². The molecule has 0 aromatic heterocycles. The monoisotopic (exact) mass is 177 g/mol. The van der Waals surface area contributed by atoms with Gasteiger partial charge in [0.1, 0.15) is 6.04 Å². The summed E-state index contributed by atoms with van der Waals surface area (Å²) in [4.78, 5) is 10.3. The molecule has 0 saturated heterocycles. The highest BCUT2D eigenvalue weighted by molar-refractivity contribution is 7.80. The van der Waals surface area contributed by atoms with Crippen LogP contribution in [0.25, 0.3) is 0 Å². The standard InChI is InChI=1S/C7H15NO2S/c1-2-5(11)3-4-6(8)7(9)10/h5-6,11H,2-4,8H2,1H3,(H,9,10). The summed E-state index contributed by atoms with van der Waals surface area (Å²) >= 11 is 4.22. The summed E-state index contributed by atoms with van der Waals surface area (Å²) in [6.45, 7) is 2.02. The summed E-state index contributed by atoms with van der Waals surface area (Å²) in [7, 11) is 0. The second-order valence-corrected chi connectivity index (χ2v) is 3.31. The molecular formula is C7H15NO2S. The zero-order valence-electron chi connectivity index (χ0n) is 6.66. The van der Waals surface area contributed by atoms with E-state index in [0.717, 1.165) is 12.8 Å². The molecular weight excluding hydrogens is 162 g/mol. The molecule has 66 valence electrons. The maximum Gasteiger partial charge on any atom is 0.320 e. The maximum atomic E-state index is 10.3. The lowest BCUT2D eigenvalue weighted by Crippen LogP contribution is -2.30. The van der Waals surface area contributed by atoms with Crippen LogP contribution in [0.4, 0.5) is 0 Å². The van der Waals surface area contributed by atoms with Crippen LogP contribution in [0.2, 0.25) is 0 Å². The smallest absolute Gasteiger partial charge is 0.320 e. The highest BCUT2D eigenvalue weighted by atomic mass is 32.1. The second kappa shape index (κ2) is 5.43. The molecule has 3 N–H and O–H groups in total. The quantitative estimate of drug-likeness (QED) is 0.546. The van der Waals surface area contributed by atoms with E-state index in [-0.39, 0.29) is 5.25 Å². The first kappa shape index (κ1) is 10.8. The molecule has 0 aliphatic rings. The number of hydrogen-bond acceptors (Lipinski definition) is 3. The Kier molecular flexibility index (Phi) is 5.32. The molecule has 2 unspecified atom stereocenters. The predicted octanol–water partition coefficient (Wildman–Crippen LogP) is 0.887. The van der Waals surface area contributed by atoms with Gasteiger partial charge < -0.3 is 10.8 Å². The Bertz CT molecular complexity index is 130. The van der Waals surface area contributed by atoms with Crippen molar-refractivity contribution < 1.29 is 9.90 Å². The Balaban J connectivity index is 3.45. The summed E-state index contributed by atoms with van der Waals surface area (Å²) < 4.78 is 0. The lowest BCUT2D eigenvalue weighted by atomic mass is 10.1. The van der Waals surface area contributed by atoms with Gasteiger partial charge in [0.05, 0.1) is 0 Å². The average Bonchev–Trinajstić information content (AvgIpc) is 1.99. The SMILES string of the molecule is CCC(S)CCC(N)C(=O)O. The number of thiol groups is 1. The van der Waals surface area contributed by atoms with Crippen molar-refractivity contribution in [3.8, 4) is 0 Å². The fraction of sp³-hybridized carbons (Fsp3) is 0.857. The van der Waals surface area contributed by atoms with Crippen LogP contribution in [0.1, 0.15) is 26.2 Å². The van der Waals surface area contributed by atoms with Gasteiger partial charge in [-0.05, 0) is 19.3 Å². The third-order valence-electron chi connectivity index (χ3n) is 1.60. The minimum absolute atomic E-state index is 0.278. The molecule has 0 rings (SSSR count). The molecule has 0 aliphatic carbocycles. The first-order chi connectivity index (χ1) is 5.07. The Morgan fingerprint density at radius 3 is 2.55 bits per heavy atom. The topological polar surface area (TPSA) is 63.3 Å². The number of carbonyl (C=O) groups is 1. The van der Waals surface area contributed by atoms with Crippen molar-refractivity contribution in [2.75, 3.05) is 0 Å². The van der Waals surface area contributed by atoms with E-state index < -0.39 is 12.0 Å². The minimum Gasteiger partial charge on any atom is -0.480 e. The summed E-state index contributed by atoms with van der Waals surface area (Å²) in [5, 5.41) is 8.70. The first-order valence-corrected chi connectivity index (χ1v) is 4.26. The van der Waals surface area contributed by atoms with Crippen LogP contribution in [-0.2, 0) is 4.79 Å². The van der Waals surface area contributed by atoms with E-state index in [1.807, 2.05) is 6.92 Å². The Morgan fingerprint density at radius 1 is 1.64 bits per heavy atom. The highest BCUT2D eigenvalue weighted by Crippen LogP contribution is 2.09. The molecule has 0 bridgehead atoms. The Labute approximate surface area is 72.4 Å². The van der Waals surface area contributed by atoms with E-state index in [2.05, 4.69) is 12.6 Å². The minimum atomic E-state index is -0.929. The lowest BCUT2D eigenvalue weighted by Gasteiger charge is -2.09. The Hall–Kier alpha value is -0.220. The van der Waals surface area contributed by atoms with E-state index in [1.165, 1.54) is 0 Å². The highest BCUT2D eigenvalue weighted by Gasteiger charge is 2.12. The number of rotatable bonds is 5. The van der Waals surface area contributed by atoms with E-state index in [9.17, 15) is 4.79 Å². The summed E-state index contributed by atoms with van der Waals surface area (Å²) in [5.41, 5.74) is 5.29. The molecule has 4 heteroatoms. The number of carboxylic acids is 1. The molecule has 0 aromatic rings. The van der Waals surface area contributed by atoms with Crippen molar-refractivity contribution in [3.63, 3.8) is 0 Å². The first-order valence-electron chi connectivity index (χ1n) is 3.74. The van der Waals surface area contributed by atoms with E-state index in [0.29, 0.717) is 6.42 Å². The van der Waals surface area contributed by atoms with Crippen LogP contribution in [0, 0.1) is 0 Å². The van der Waals surface area contributed by atoms with Crippen molar-refractivity contribution in [2.24, 2.45) is 5.73 Å². The largest absolute Gasteiger partial charge is 0.480 e. The lowest BCUT2D eigenvalue weighted by molar-refractivity contribution is -0.138. The average molecular weight is 177 g/mol. The third kappa shape index (κ3) is 5.09. The molecule has 0 heterocycles. The van der Waals surface area contributed by atoms with Gasteiger partial charge in [-0.15, -0.1) is 0 Å². The van der Waals surface area contributed by atoms with Crippen molar-refractivity contribution >= 4 is 18.6 Å². The summed E-state index contributed by atoms with van der Waals surface area (Å²) in [6, 6.07) is -0.726. The van der Waals surface area contributed by atoms with Gasteiger partial charge in [-0.25, -0.2) is 0 Å². The third-order valence-corrected chi connectivity index (χ3v) is 2.22. The van der Waals surface area contributed by atoms with Crippen LogP contribution in [0.15, 0.2) is 0 Å². The van der Waals surface area contributed by atoms with Gasteiger partial charge in [-0.1, -0.05) is 6.92 Å². The van der Waals surface area contributed by atoms with Crippen molar-refractivity contribution in [1.82, 2.24) is 0 Å². The van der Waals surface area contributed by atoms with Gasteiger partial charge in [0.25, 0.3) is 0 Å². The molecule has 0 fully saturated rings. The van der Waals surface area contributed by atoms with Crippen molar-refractivity contribution in [2.45, 2.75) is 37.5 Å². The number of hydrogen-bond donors (Lipinski definition) is 3. The zero-order chi connectivity index (χ0) is 8.85. The summed E-state index contributed by atoms with van der Waals surface area (Å²) in [6.07, 6.45) is 2.24. The normalized spacial score (nSPS) is 15.9. The molecule has 0 spiro atoms. The number of aliphatic carboxylic acids is 1. The fourth-order valence-corrected chi connectivity index (χ4v) is 0.849. The fourth-order valence-electron chi connectivity index (χ4n) is 0.700. The van der Waals surface area contributed by atoms with Gasteiger partial charge in [0, 0.05) is 5.25 Å². The van der Waals surface area contributed by atoms with E-state index in [1.54, 1.807) is 0 Å². The number of carboxylic acid groups (broad SMARTS) is 1. The van der Waals surface area contributed by atoms with Crippen LogP contribution in [0.5, 0.6) is 0 Å². The molecule has 11 heavy (non-hydrogen) atoms. The zero-order valence-corrected chi connectivity index (χ0v) is 7.55. The van der Waals surface area contributed by atoms with Crippen LogP contribution >= 0.6 is 12.6 Å². The van der Waals surface area contributed by atoms with Gasteiger partial charge in [-0.2, -0.15) is 12.6 Å². The maximum absolute atomic E-state index is 10.3. The van der Waals surface area contributed by atoms with Crippen molar-refractivity contribution in [3.05, 3.63) is 0 Å². The Morgan fingerprint density at radius 2 is 2.18 bits per heavy atom. The molecule has 0 amide bonds. The number of nitrogens with two attached hydrogens (primary N) is 1. The molecule has 0 aliphatic heterocycles. The molecule has 0 aromatic carbocycles. The predicted molar refractivity (Wildman–Crippen MR) is 47.9 cm³/mol. The van der Waals surface area contributed by atoms with Gasteiger partial charge in [0.2, 0.25) is 0 Å². The molecule has 2 atom stereocenters. The molecule has 0 radical (unpaired) electrons. The van der Waals surface area contributed by atoms with Gasteiger partial charge in [-0.3, -0.25) is 4.79 Å². The van der Waals surface area contributed by atoms with Gasteiger partial charge in [0.15, 0.2) is 0 Å².